The van der Waals surface area contributed by atoms with Gasteiger partial charge in [-0.05, 0) is 12.5 Å². The summed E-state index contributed by atoms with van der Waals surface area (Å²) in [4.78, 5) is 22.6. The van der Waals surface area contributed by atoms with Crippen LogP contribution >= 0.6 is 23.2 Å². The fraction of sp³-hybridized carbons (Fsp3) is 0.455. The molecule has 0 spiro atoms. The van der Waals surface area contributed by atoms with E-state index in [-0.39, 0.29) is 18.3 Å². The molecule has 7 heteroatoms. The van der Waals surface area contributed by atoms with Crippen LogP contribution in [0.25, 0.3) is 0 Å². The molecular weight excluding hydrogens is 279 g/mol. The van der Waals surface area contributed by atoms with Gasteiger partial charge in [0.1, 0.15) is 10.8 Å². The molecule has 0 saturated carbocycles. The van der Waals surface area contributed by atoms with Gasteiger partial charge in [0.15, 0.2) is 0 Å². The van der Waals surface area contributed by atoms with Gasteiger partial charge in [-0.2, -0.15) is 0 Å². The van der Waals surface area contributed by atoms with Gasteiger partial charge in [-0.15, -0.1) is 0 Å². The lowest BCUT2D eigenvalue weighted by Gasteiger charge is -2.06. The summed E-state index contributed by atoms with van der Waals surface area (Å²) in [7, 11) is 2.98. The molecule has 0 aromatic carbocycles. The maximum Gasteiger partial charge on any atom is 0.305 e. The van der Waals surface area contributed by atoms with Crippen molar-refractivity contribution >= 4 is 35.1 Å². The number of carbonyl (C=O) groups is 2. The van der Waals surface area contributed by atoms with Crippen molar-refractivity contribution in [2.75, 3.05) is 13.7 Å². The Labute approximate surface area is 115 Å². The van der Waals surface area contributed by atoms with Crippen LogP contribution in [0.3, 0.4) is 0 Å². The number of hydrogen-bond donors (Lipinski definition) is 1. The topological polar surface area (TPSA) is 60.3 Å². The number of rotatable bonds is 5. The fourth-order valence-electron chi connectivity index (χ4n) is 1.39. The van der Waals surface area contributed by atoms with Crippen LogP contribution in [-0.4, -0.2) is 30.1 Å². The van der Waals surface area contributed by atoms with Crippen LogP contribution in [0, 0.1) is 0 Å². The highest BCUT2D eigenvalue weighted by Gasteiger charge is 2.15. The van der Waals surface area contributed by atoms with Crippen LogP contribution in [0.5, 0.6) is 0 Å². The molecule has 0 radical (unpaired) electrons. The van der Waals surface area contributed by atoms with Gasteiger partial charge in [-0.1, -0.05) is 23.2 Å². The molecular formula is C11H14Cl2N2O3. The van der Waals surface area contributed by atoms with Crippen LogP contribution in [0.2, 0.25) is 10.2 Å². The predicted octanol–water partition coefficient (Wildman–Crippen LogP) is 2.01. The van der Waals surface area contributed by atoms with E-state index in [0.717, 1.165) is 0 Å². The number of methoxy groups -OCH3 is 1. The highest BCUT2D eigenvalue weighted by molar-refractivity contribution is 6.41. The molecule has 1 rings (SSSR count). The molecule has 0 aliphatic rings. The molecule has 0 aliphatic heterocycles. The molecule has 100 valence electrons. The van der Waals surface area contributed by atoms with Gasteiger partial charge in [-0.25, -0.2) is 0 Å². The molecule has 1 aromatic heterocycles. The summed E-state index contributed by atoms with van der Waals surface area (Å²) in [6.07, 6.45) is 0.787. The Morgan fingerprint density at radius 1 is 1.44 bits per heavy atom. The van der Waals surface area contributed by atoms with Crippen molar-refractivity contribution in [3.8, 4) is 0 Å². The maximum absolute atomic E-state index is 11.8. The lowest BCUT2D eigenvalue weighted by molar-refractivity contribution is -0.140. The minimum Gasteiger partial charge on any atom is -0.469 e. The third-order valence-electron chi connectivity index (χ3n) is 2.42. The second-order valence-corrected chi connectivity index (χ2v) is 4.43. The molecule has 0 saturated heterocycles. The molecule has 5 nitrogen and oxygen atoms in total. The number of halogens is 2. The average molecular weight is 293 g/mol. The van der Waals surface area contributed by atoms with Crippen molar-refractivity contribution < 1.29 is 14.3 Å². The number of amides is 1. The Morgan fingerprint density at radius 2 is 2.11 bits per heavy atom. The largest absolute Gasteiger partial charge is 0.469 e. The zero-order chi connectivity index (χ0) is 13.7. The molecule has 0 aliphatic carbocycles. The summed E-state index contributed by atoms with van der Waals surface area (Å²) in [5.74, 6) is -0.578. The summed E-state index contributed by atoms with van der Waals surface area (Å²) in [5.41, 5.74) is 0.378. The minimum atomic E-state index is -0.297. The van der Waals surface area contributed by atoms with E-state index in [2.05, 4.69) is 10.1 Å². The summed E-state index contributed by atoms with van der Waals surface area (Å²) in [6.45, 7) is 0.383. The van der Waals surface area contributed by atoms with Crippen LogP contribution in [-0.2, 0) is 16.6 Å². The number of carbonyl (C=O) groups excluding carboxylic acids is 2. The average Bonchev–Trinajstić information content (AvgIpc) is 2.61. The highest BCUT2D eigenvalue weighted by atomic mass is 35.5. The molecule has 1 aromatic rings. The van der Waals surface area contributed by atoms with Gasteiger partial charge in [0.2, 0.25) is 0 Å². The van der Waals surface area contributed by atoms with E-state index < -0.39 is 0 Å². The van der Waals surface area contributed by atoms with Crippen molar-refractivity contribution in [2.24, 2.45) is 7.05 Å². The van der Waals surface area contributed by atoms with Crippen molar-refractivity contribution in [3.05, 3.63) is 21.9 Å². The maximum atomic E-state index is 11.8. The smallest absolute Gasteiger partial charge is 0.305 e. The summed E-state index contributed by atoms with van der Waals surface area (Å²) in [6, 6.07) is 1.50. The van der Waals surface area contributed by atoms with Crippen LogP contribution in [0.1, 0.15) is 23.3 Å². The summed E-state index contributed by atoms with van der Waals surface area (Å²) in [5, 5.41) is 3.32. The quantitative estimate of drug-likeness (QED) is 0.667. The zero-order valence-electron chi connectivity index (χ0n) is 10.1. The molecule has 1 heterocycles. The standard InChI is InChI=1S/C11H14Cl2N2O3/c1-15-8(6-7(12)10(15)13)11(17)14-5-3-4-9(16)18-2/h6H,3-5H2,1-2H3,(H,14,17). The van der Waals surface area contributed by atoms with Gasteiger partial charge < -0.3 is 14.6 Å². The second kappa shape index (κ2) is 6.66. The first-order valence-electron chi connectivity index (χ1n) is 5.33. The van der Waals surface area contributed by atoms with Gasteiger partial charge in [0.25, 0.3) is 5.91 Å². The number of hydrogen-bond acceptors (Lipinski definition) is 3. The van der Waals surface area contributed by atoms with Crippen molar-refractivity contribution in [2.45, 2.75) is 12.8 Å². The van der Waals surface area contributed by atoms with Gasteiger partial charge in [-0.3, -0.25) is 9.59 Å². The SMILES string of the molecule is COC(=O)CCCNC(=O)c1cc(Cl)c(Cl)n1C. The first-order valence-corrected chi connectivity index (χ1v) is 6.08. The van der Waals surface area contributed by atoms with E-state index in [0.29, 0.717) is 28.8 Å². The third-order valence-corrected chi connectivity index (χ3v) is 3.26. The van der Waals surface area contributed by atoms with E-state index >= 15 is 0 Å². The van der Waals surface area contributed by atoms with Crippen molar-refractivity contribution in [1.29, 1.82) is 0 Å². The Morgan fingerprint density at radius 3 is 2.61 bits per heavy atom. The number of nitrogens with zero attached hydrogens (tertiary/aromatic N) is 1. The number of nitrogens with one attached hydrogen (secondary N) is 1. The van der Waals surface area contributed by atoms with E-state index in [1.165, 1.54) is 17.7 Å². The molecule has 1 amide bonds. The lowest BCUT2D eigenvalue weighted by Crippen LogP contribution is -2.26. The van der Waals surface area contributed by atoms with Crippen LogP contribution in [0.4, 0.5) is 0 Å². The Kier molecular flexibility index (Phi) is 5.50. The zero-order valence-corrected chi connectivity index (χ0v) is 11.6. The second-order valence-electron chi connectivity index (χ2n) is 3.66. The monoisotopic (exact) mass is 292 g/mol. The molecule has 0 atom stereocenters. The summed E-state index contributed by atoms with van der Waals surface area (Å²) < 4.78 is 5.99. The lowest BCUT2D eigenvalue weighted by atomic mass is 10.3. The first kappa shape index (κ1) is 14.9. The fourth-order valence-corrected chi connectivity index (χ4v) is 1.76. The van der Waals surface area contributed by atoms with E-state index in [1.807, 2.05) is 0 Å². The predicted molar refractivity (Wildman–Crippen MR) is 69.0 cm³/mol. The van der Waals surface area contributed by atoms with E-state index in [4.69, 9.17) is 23.2 Å². The number of esters is 1. The van der Waals surface area contributed by atoms with E-state index in [9.17, 15) is 9.59 Å². The van der Waals surface area contributed by atoms with Crippen LogP contribution in [0.15, 0.2) is 6.07 Å². The Bertz CT molecular complexity index is 457. The normalized spacial score (nSPS) is 10.2. The minimum absolute atomic E-state index is 0.269. The van der Waals surface area contributed by atoms with Gasteiger partial charge in [0.05, 0.1) is 12.1 Å². The number of aromatic nitrogens is 1. The number of ether oxygens (including phenoxy) is 1. The van der Waals surface area contributed by atoms with Crippen LogP contribution < -0.4 is 5.32 Å². The first-order chi connectivity index (χ1) is 8.47. The van der Waals surface area contributed by atoms with Crippen molar-refractivity contribution in [1.82, 2.24) is 9.88 Å². The van der Waals surface area contributed by atoms with Gasteiger partial charge >= 0.3 is 5.97 Å². The molecule has 0 fully saturated rings. The van der Waals surface area contributed by atoms with Gasteiger partial charge in [0, 0.05) is 20.0 Å². The molecule has 0 bridgehead atoms. The Hall–Kier alpha value is -1.20. The third kappa shape index (κ3) is 3.65. The molecule has 18 heavy (non-hydrogen) atoms. The summed E-state index contributed by atoms with van der Waals surface area (Å²) >= 11 is 11.7. The molecule has 0 unspecified atom stereocenters. The molecule has 1 N–H and O–H groups in total. The highest BCUT2D eigenvalue weighted by Crippen LogP contribution is 2.24. The van der Waals surface area contributed by atoms with E-state index in [1.54, 1.807) is 7.05 Å². The van der Waals surface area contributed by atoms with Crippen molar-refractivity contribution in [3.63, 3.8) is 0 Å². The Balaban J connectivity index is 2.46.